The summed E-state index contributed by atoms with van der Waals surface area (Å²) in [6.45, 7) is 6.19. The normalized spacial score (nSPS) is 26.4. The molecule has 0 aliphatic carbocycles. The largest absolute Gasteiger partial charge is 0.375 e. The highest BCUT2D eigenvalue weighted by Gasteiger charge is 2.23. The summed E-state index contributed by atoms with van der Waals surface area (Å²) in [6.07, 6.45) is 4.98. The highest BCUT2D eigenvalue weighted by Crippen LogP contribution is 2.17. The van der Waals surface area contributed by atoms with Crippen LogP contribution in [-0.4, -0.2) is 64.6 Å². The van der Waals surface area contributed by atoms with Gasteiger partial charge in [-0.2, -0.15) is 0 Å². The minimum absolute atomic E-state index is 0.284. The average molecular weight is 362 g/mol. The van der Waals surface area contributed by atoms with Crippen LogP contribution in [0.5, 0.6) is 0 Å². The van der Waals surface area contributed by atoms with Crippen LogP contribution in [0.4, 0.5) is 0 Å². The third-order valence-electron chi connectivity index (χ3n) is 4.26. The van der Waals surface area contributed by atoms with Gasteiger partial charge in [-0.05, 0) is 28.8 Å². The lowest BCUT2D eigenvalue weighted by molar-refractivity contribution is 0.100. The monoisotopic (exact) mass is 362 g/mol. The van der Waals surface area contributed by atoms with Crippen LogP contribution in [0, 0.1) is 0 Å². The van der Waals surface area contributed by atoms with Gasteiger partial charge in [-0.15, -0.1) is 0 Å². The van der Waals surface area contributed by atoms with E-state index < -0.39 is 0 Å². The smallest absolute Gasteiger partial charge is 0.104 e. The molecule has 0 radical (unpaired) electrons. The number of benzene rings is 1. The lowest BCUT2D eigenvalue weighted by Crippen LogP contribution is -2.04. The molecule has 6 heteroatoms. The number of hydrogen-bond donors (Lipinski definition) is 0. The van der Waals surface area contributed by atoms with Crippen molar-refractivity contribution in [3.05, 3.63) is 41.0 Å². The van der Waals surface area contributed by atoms with Crippen molar-refractivity contribution < 1.29 is 28.4 Å². The molecule has 1 aromatic carbocycles. The Bertz CT molecular complexity index is 568. The molecular weight excluding hydrogens is 336 g/mol. The van der Waals surface area contributed by atoms with Crippen LogP contribution in [0.25, 0.3) is 6.08 Å². The molecule has 0 saturated carbocycles. The van der Waals surface area contributed by atoms with Crippen molar-refractivity contribution in [1.82, 2.24) is 0 Å². The maximum absolute atomic E-state index is 5.73. The first-order valence-corrected chi connectivity index (χ1v) is 9.22. The molecule has 0 amide bonds. The zero-order chi connectivity index (χ0) is 17.6. The Morgan fingerprint density at radius 1 is 0.769 bits per heavy atom. The predicted molar refractivity (Wildman–Crippen MR) is 94.8 cm³/mol. The molecule has 3 unspecified atom stereocenters. The zero-order valence-electron chi connectivity index (χ0n) is 14.9. The molecule has 0 aromatic heterocycles. The van der Waals surface area contributed by atoms with Crippen molar-refractivity contribution in [2.45, 2.75) is 31.5 Å². The first kappa shape index (κ1) is 18.1. The second-order valence-corrected chi connectivity index (χ2v) is 6.92. The van der Waals surface area contributed by atoms with Gasteiger partial charge in [-0.25, -0.2) is 0 Å². The molecule has 26 heavy (non-hydrogen) atoms. The highest BCUT2D eigenvalue weighted by atomic mass is 16.6. The Morgan fingerprint density at radius 2 is 1.27 bits per heavy atom. The fourth-order valence-electron chi connectivity index (χ4n) is 2.62. The van der Waals surface area contributed by atoms with Crippen LogP contribution in [0.2, 0.25) is 0 Å². The number of ether oxygens (including phenoxy) is 6. The molecule has 0 spiro atoms. The predicted octanol–water partition coefficient (Wildman–Crippen LogP) is 1.95. The van der Waals surface area contributed by atoms with E-state index in [4.69, 9.17) is 28.4 Å². The second-order valence-electron chi connectivity index (χ2n) is 6.92. The highest BCUT2D eigenvalue weighted by molar-refractivity contribution is 5.52. The van der Waals surface area contributed by atoms with Gasteiger partial charge in [0.25, 0.3) is 0 Å². The third kappa shape index (κ3) is 6.79. The van der Waals surface area contributed by atoms with E-state index in [0.29, 0.717) is 45.7 Å². The fraction of sp³-hybridized carbons (Fsp3) is 0.600. The summed E-state index contributed by atoms with van der Waals surface area (Å²) in [7, 11) is 0. The number of rotatable bonds is 13. The molecule has 6 nitrogen and oxygen atoms in total. The molecule has 3 saturated heterocycles. The van der Waals surface area contributed by atoms with E-state index >= 15 is 0 Å². The van der Waals surface area contributed by atoms with Crippen molar-refractivity contribution >= 4 is 6.08 Å². The Kier molecular flexibility index (Phi) is 6.32. The molecule has 3 aliphatic heterocycles. The standard InChI is InChI=1S/C20H26O6/c1(3-21-9-18-12-24-18)2-15-4-16(7-22-10-19-13-25-19)6-17(5-15)8-23-11-20-14-26-20/h1-2,4-6,18-20H,3,7-14H2. The van der Waals surface area contributed by atoms with Crippen molar-refractivity contribution in [1.29, 1.82) is 0 Å². The molecule has 3 aliphatic rings. The molecule has 0 bridgehead atoms. The van der Waals surface area contributed by atoms with Crippen LogP contribution in [-0.2, 0) is 41.6 Å². The molecule has 3 heterocycles. The summed E-state index contributed by atoms with van der Waals surface area (Å²) in [4.78, 5) is 0. The van der Waals surface area contributed by atoms with Crippen LogP contribution in [0.1, 0.15) is 16.7 Å². The SMILES string of the molecule is C(=Cc1cc(COCC2CO2)cc(COCC2CO2)c1)COCC1CO1. The Hall–Kier alpha value is -1.28. The first-order chi connectivity index (χ1) is 12.8. The average Bonchev–Trinajstić information content (AvgIpc) is 3.46. The maximum Gasteiger partial charge on any atom is 0.104 e. The zero-order valence-corrected chi connectivity index (χ0v) is 14.9. The van der Waals surface area contributed by atoms with Gasteiger partial charge in [0.1, 0.15) is 18.3 Å². The topological polar surface area (TPSA) is 65.3 Å². The van der Waals surface area contributed by atoms with Gasteiger partial charge in [0, 0.05) is 0 Å². The third-order valence-corrected chi connectivity index (χ3v) is 4.26. The minimum atomic E-state index is 0.284. The summed E-state index contributed by atoms with van der Waals surface area (Å²) in [5, 5.41) is 0. The van der Waals surface area contributed by atoms with Crippen LogP contribution >= 0.6 is 0 Å². The van der Waals surface area contributed by atoms with Gasteiger partial charge in [0.15, 0.2) is 0 Å². The quantitative estimate of drug-likeness (QED) is 0.395. The van der Waals surface area contributed by atoms with Crippen molar-refractivity contribution in [2.24, 2.45) is 0 Å². The Balaban J connectivity index is 1.30. The van der Waals surface area contributed by atoms with E-state index in [1.807, 2.05) is 6.08 Å². The van der Waals surface area contributed by atoms with E-state index in [9.17, 15) is 0 Å². The molecule has 3 atom stereocenters. The Morgan fingerprint density at radius 3 is 1.77 bits per heavy atom. The van der Waals surface area contributed by atoms with Gasteiger partial charge < -0.3 is 28.4 Å². The van der Waals surface area contributed by atoms with E-state index in [1.165, 1.54) is 0 Å². The summed E-state index contributed by atoms with van der Waals surface area (Å²) in [6, 6.07) is 6.42. The van der Waals surface area contributed by atoms with E-state index in [0.717, 1.165) is 36.5 Å². The van der Waals surface area contributed by atoms with Gasteiger partial charge in [0.2, 0.25) is 0 Å². The summed E-state index contributed by atoms with van der Waals surface area (Å²) < 4.78 is 32.5. The van der Waals surface area contributed by atoms with Crippen molar-refractivity contribution in [3.8, 4) is 0 Å². The summed E-state index contributed by atoms with van der Waals surface area (Å²) in [5.74, 6) is 0. The molecule has 0 N–H and O–H groups in total. The number of epoxide rings is 3. The van der Waals surface area contributed by atoms with Crippen molar-refractivity contribution in [2.75, 3.05) is 46.2 Å². The molecule has 3 fully saturated rings. The van der Waals surface area contributed by atoms with Crippen LogP contribution < -0.4 is 0 Å². The Labute approximate surface area is 154 Å². The van der Waals surface area contributed by atoms with Gasteiger partial charge in [-0.3, -0.25) is 0 Å². The van der Waals surface area contributed by atoms with Gasteiger partial charge in [0.05, 0.1) is 59.5 Å². The van der Waals surface area contributed by atoms with E-state index in [-0.39, 0.29) is 12.2 Å². The lowest BCUT2D eigenvalue weighted by atomic mass is 10.1. The second kappa shape index (κ2) is 9.08. The fourth-order valence-corrected chi connectivity index (χ4v) is 2.62. The van der Waals surface area contributed by atoms with Crippen LogP contribution in [0.3, 0.4) is 0 Å². The van der Waals surface area contributed by atoms with E-state index in [1.54, 1.807) is 0 Å². The summed E-state index contributed by atoms with van der Waals surface area (Å²) >= 11 is 0. The first-order valence-electron chi connectivity index (χ1n) is 9.22. The summed E-state index contributed by atoms with van der Waals surface area (Å²) in [5.41, 5.74) is 3.41. The van der Waals surface area contributed by atoms with E-state index in [2.05, 4.69) is 24.3 Å². The van der Waals surface area contributed by atoms with Crippen molar-refractivity contribution in [3.63, 3.8) is 0 Å². The maximum atomic E-state index is 5.73. The van der Waals surface area contributed by atoms with Gasteiger partial charge in [-0.1, -0.05) is 18.2 Å². The lowest BCUT2D eigenvalue weighted by Gasteiger charge is -2.09. The molecule has 142 valence electrons. The van der Waals surface area contributed by atoms with Crippen LogP contribution in [0.15, 0.2) is 24.3 Å². The molecule has 1 aromatic rings. The molecule has 4 rings (SSSR count). The van der Waals surface area contributed by atoms with Gasteiger partial charge >= 0.3 is 0 Å². The number of hydrogen-bond acceptors (Lipinski definition) is 6. The minimum Gasteiger partial charge on any atom is -0.375 e. The molecular formula is C20H26O6.